The molecular formula is C42H64N2O10. The van der Waals surface area contributed by atoms with Crippen molar-refractivity contribution in [2.75, 3.05) is 20.2 Å². The molecule has 11 unspecified atom stereocenters. The molecule has 12 nitrogen and oxygen atoms in total. The lowest BCUT2D eigenvalue weighted by atomic mass is 9.88. The van der Waals surface area contributed by atoms with Crippen LogP contribution in [0.3, 0.4) is 0 Å². The highest BCUT2D eigenvalue weighted by Crippen LogP contribution is 2.30. The minimum absolute atomic E-state index is 0.00558. The van der Waals surface area contributed by atoms with Gasteiger partial charge in [0.05, 0.1) is 24.7 Å². The van der Waals surface area contributed by atoms with Gasteiger partial charge in [-0.2, -0.15) is 0 Å². The van der Waals surface area contributed by atoms with E-state index in [1.54, 1.807) is 42.5 Å². The predicted molar refractivity (Wildman–Crippen MR) is 205 cm³/mol. The van der Waals surface area contributed by atoms with Crippen molar-refractivity contribution >= 4 is 18.0 Å². The molecule has 0 radical (unpaired) electrons. The van der Waals surface area contributed by atoms with E-state index >= 15 is 0 Å². The minimum atomic E-state index is -1.47. The topological polar surface area (TPSA) is 165 Å². The lowest BCUT2D eigenvalue weighted by Gasteiger charge is -2.35. The Bertz CT molecular complexity index is 1430. The Morgan fingerprint density at radius 2 is 1.93 bits per heavy atom. The molecule has 3 rings (SSSR count). The average molecular weight is 757 g/mol. The van der Waals surface area contributed by atoms with Crippen LogP contribution >= 0.6 is 0 Å². The van der Waals surface area contributed by atoms with Crippen LogP contribution in [0.15, 0.2) is 60.3 Å². The number of ether oxygens (including phenoxy) is 4. The first-order chi connectivity index (χ1) is 25.6. The van der Waals surface area contributed by atoms with Crippen molar-refractivity contribution in [3.63, 3.8) is 0 Å². The second-order valence-corrected chi connectivity index (χ2v) is 15.4. The highest BCUT2D eigenvalue weighted by Gasteiger charge is 2.36. The standard InChI is InChI=1S/C42H64N2O10/c1-9-36(51-8)30(5)24-35(47)40(54-41(49)44-23-13-16-32(26-44)34-17-10-11-22-43-34)28(3)15-12-14-27(2)39-29(4)18-19-37(52-31(6)45)42(7,50)21-20-33(46)25-38(48)53-39/h10-12,14-15,17-19,22,28-30,32-33,35-37,39-40,46-47,50H,9,13,16,20-21,23-26H2,1-8H3/b15-12+,19-18+,27-14+. The second kappa shape index (κ2) is 21.5. The quantitative estimate of drug-likeness (QED) is 0.0929. The van der Waals surface area contributed by atoms with Crippen LogP contribution < -0.4 is 0 Å². The van der Waals surface area contributed by atoms with Crippen molar-refractivity contribution in [1.29, 1.82) is 0 Å². The number of rotatable bonds is 13. The van der Waals surface area contributed by atoms with Gasteiger partial charge in [-0.15, -0.1) is 0 Å². The number of amides is 1. The minimum Gasteiger partial charge on any atom is -0.457 e. The molecule has 1 aromatic heterocycles. The van der Waals surface area contributed by atoms with Crippen LogP contribution in [0.25, 0.3) is 0 Å². The molecule has 0 bridgehead atoms. The molecule has 0 saturated carbocycles. The summed E-state index contributed by atoms with van der Waals surface area (Å²) in [5.41, 5.74) is 0.158. The number of nitrogens with zero attached hydrogens (tertiary/aromatic N) is 2. The summed E-state index contributed by atoms with van der Waals surface area (Å²) in [6.07, 6.45) is 8.23. The number of methoxy groups -OCH3 is 1. The van der Waals surface area contributed by atoms with Crippen LogP contribution in [-0.4, -0.2) is 106 Å². The Balaban J connectivity index is 1.85. The van der Waals surface area contributed by atoms with Gasteiger partial charge in [0.2, 0.25) is 0 Å². The van der Waals surface area contributed by atoms with Crippen molar-refractivity contribution in [1.82, 2.24) is 9.88 Å². The number of aliphatic hydroxyl groups excluding tert-OH is 2. The molecule has 1 fully saturated rings. The second-order valence-electron chi connectivity index (χ2n) is 15.4. The number of allylic oxidation sites excluding steroid dienone is 2. The monoisotopic (exact) mass is 756 g/mol. The molecule has 1 saturated heterocycles. The number of carbonyl (C=O) groups is 3. The molecule has 3 heterocycles. The Hall–Kier alpha value is -3.58. The van der Waals surface area contributed by atoms with E-state index in [1.807, 2.05) is 58.9 Å². The molecule has 2 aliphatic rings. The van der Waals surface area contributed by atoms with Gasteiger partial charge in [0.1, 0.15) is 23.9 Å². The maximum atomic E-state index is 13.7. The van der Waals surface area contributed by atoms with E-state index in [0.717, 1.165) is 25.0 Å². The van der Waals surface area contributed by atoms with Crippen molar-refractivity contribution in [2.24, 2.45) is 17.8 Å². The van der Waals surface area contributed by atoms with Crippen molar-refractivity contribution in [3.8, 4) is 0 Å². The molecule has 54 heavy (non-hydrogen) atoms. The summed E-state index contributed by atoms with van der Waals surface area (Å²) >= 11 is 0. The van der Waals surface area contributed by atoms with Crippen molar-refractivity contribution in [3.05, 3.63) is 66.0 Å². The summed E-state index contributed by atoms with van der Waals surface area (Å²) in [6, 6.07) is 5.79. The molecule has 0 aromatic carbocycles. The predicted octanol–water partition coefficient (Wildman–Crippen LogP) is 6.05. The van der Waals surface area contributed by atoms with Crippen molar-refractivity contribution in [2.45, 2.75) is 142 Å². The van der Waals surface area contributed by atoms with Gasteiger partial charge >= 0.3 is 18.0 Å². The summed E-state index contributed by atoms with van der Waals surface area (Å²) in [5, 5.41) is 33.2. The number of carbonyl (C=O) groups excluding carboxylic acids is 3. The first-order valence-electron chi connectivity index (χ1n) is 19.4. The van der Waals surface area contributed by atoms with E-state index in [4.69, 9.17) is 18.9 Å². The molecule has 0 spiro atoms. The summed E-state index contributed by atoms with van der Waals surface area (Å²) in [4.78, 5) is 44.7. The fraction of sp³-hybridized carbons (Fsp3) is 0.667. The van der Waals surface area contributed by atoms with Crippen LogP contribution in [0, 0.1) is 17.8 Å². The first kappa shape index (κ1) is 44.8. The van der Waals surface area contributed by atoms with E-state index in [2.05, 4.69) is 4.98 Å². The van der Waals surface area contributed by atoms with Crippen LogP contribution in [0.5, 0.6) is 0 Å². The normalized spacial score (nSPS) is 29.5. The highest BCUT2D eigenvalue weighted by molar-refractivity contribution is 5.70. The fourth-order valence-corrected chi connectivity index (χ4v) is 7.41. The number of esters is 2. The molecule has 1 aromatic rings. The van der Waals surface area contributed by atoms with Crippen LogP contribution in [0.1, 0.15) is 105 Å². The van der Waals surface area contributed by atoms with Crippen molar-refractivity contribution < 1.29 is 48.7 Å². The van der Waals surface area contributed by atoms with Gasteiger partial charge in [-0.25, -0.2) is 4.79 Å². The summed E-state index contributed by atoms with van der Waals surface area (Å²) in [6.45, 7) is 13.4. The Morgan fingerprint density at radius 3 is 2.57 bits per heavy atom. The largest absolute Gasteiger partial charge is 0.457 e. The van der Waals surface area contributed by atoms with E-state index in [-0.39, 0.29) is 37.2 Å². The lowest BCUT2D eigenvalue weighted by Crippen LogP contribution is -2.45. The lowest BCUT2D eigenvalue weighted by molar-refractivity contribution is -0.157. The molecule has 11 atom stereocenters. The number of aromatic nitrogens is 1. The van der Waals surface area contributed by atoms with Gasteiger partial charge in [0.15, 0.2) is 0 Å². The summed E-state index contributed by atoms with van der Waals surface area (Å²) in [5.74, 6) is -1.84. The molecule has 1 amide bonds. The zero-order valence-electron chi connectivity index (χ0n) is 33.4. The third-order valence-electron chi connectivity index (χ3n) is 10.7. The van der Waals surface area contributed by atoms with Gasteiger partial charge in [0.25, 0.3) is 0 Å². The van der Waals surface area contributed by atoms with Crippen LogP contribution in [0.2, 0.25) is 0 Å². The molecule has 12 heteroatoms. The molecule has 2 aliphatic heterocycles. The summed E-state index contributed by atoms with van der Waals surface area (Å²) in [7, 11) is 1.66. The number of piperidine rings is 1. The van der Waals surface area contributed by atoms with E-state index in [9.17, 15) is 29.7 Å². The van der Waals surface area contributed by atoms with Crippen LogP contribution in [0.4, 0.5) is 4.79 Å². The third kappa shape index (κ3) is 13.6. The maximum Gasteiger partial charge on any atom is 0.410 e. The Morgan fingerprint density at radius 1 is 1.19 bits per heavy atom. The summed E-state index contributed by atoms with van der Waals surface area (Å²) < 4.78 is 23.1. The molecular weight excluding hydrogens is 692 g/mol. The first-order valence-corrected chi connectivity index (χ1v) is 19.4. The number of hydrogen-bond acceptors (Lipinski definition) is 11. The number of hydrogen-bond donors (Lipinski definition) is 3. The number of pyridine rings is 1. The van der Waals surface area contributed by atoms with E-state index in [0.29, 0.717) is 25.1 Å². The maximum absolute atomic E-state index is 13.7. The molecule has 0 aliphatic carbocycles. The smallest absolute Gasteiger partial charge is 0.410 e. The SMILES string of the molecule is CCC(OC)C(C)CC(O)C(OC(=O)N1CCCC(c2ccccn2)C1)C(C)/C=C/C=C(\C)C1OC(=O)CC(O)CCC(C)(O)C(OC(C)=O)/C=C/C1C. The Kier molecular flexibility index (Phi) is 17.8. The van der Waals surface area contributed by atoms with Gasteiger partial charge in [0, 0.05) is 56.8 Å². The van der Waals surface area contributed by atoms with E-state index < -0.39 is 66.0 Å². The van der Waals surface area contributed by atoms with Crippen LogP contribution in [-0.2, 0) is 28.5 Å². The highest BCUT2D eigenvalue weighted by atomic mass is 16.6. The average Bonchev–Trinajstić information content (AvgIpc) is 3.13. The zero-order chi connectivity index (χ0) is 40.0. The third-order valence-corrected chi connectivity index (χ3v) is 10.7. The zero-order valence-corrected chi connectivity index (χ0v) is 33.4. The van der Waals surface area contributed by atoms with Gasteiger partial charge in [-0.05, 0) is 82.1 Å². The number of likely N-dealkylation sites (tertiary alicyclic amines) is 1. The molecule has 302 valence electrons. The molecule has 3 N–H and O–H groups in total. The van der Waals surface area contributed by atoms with E-state index in [1.165, 1.54) is 13.8 Å². The van der Waals surface area contributed by atoms with Gasteiger partial charge in [-0.3, -0.25) is 14.6 Å². The number of aliphatic hydroxyl groups is 3. The fourth-order valence-electron chi connectivity index (χ4n) is 7.41. The number of cyclic esters (lactones) is 1. The van der Waals surface area contributed by atoms with Gasteiger partial charge < -0.3 is 39.2 Å². The Labute approximate surface area is 321 Å². The van der Waals surface area contributed by atoms with Gasteiger partial charge in [-0.1, -0.05) is 58.1 Å².